The number of aliphatic hydroxyl groups is 2. The Hall–Kier alpha value is -0.610. The summed E-state index contributed by atoms with van der Waals surface area (Å²) in [6.07, 6.45) is 7.68. The maximum absolute atomic E-state index is 10.8. The number of esters is 1. The minimum Gasteiger partial charge on any atom is -0.439 e. The fourth-order valence-corrected chi connectivity index (χ4v) is 1.41. The average Bonchev–Trinajstić information content (AvgIpc) is 2.22. The molecule has 2 N–H and O–H groups in total. The summed E-state index contributed by atoms with van der Waals surface area (Å²) in [5, 5.41) is 16.8. The van der Waals surface area contributed by atoms with Crippen LogP contribution in [0.1, 0.15) is 51.4 Å². The van der Waals surface area contributed by atoms with Gasteiger partial charge < -0.3 is 14.9 Å². The van der Waals surface area contributed by atoms with Gasteiger partial charge in [0.05, 0.1) is 0 Å². The van der Waals surface area contributed by atoms with Crippen molar-refractivity contribution in [2.75, 3.05) is 13.4 Å². The van der Waals surface area contributed by atoms with E-state index in [9.17, 15) is 4.79 Å². The van der Waals surface area contributed by atoms with Crippen LogP contribution in [0.2, 0.25) is 0 Å². The van der Waals surface area contributed by atoms with Crippen molar-refractivity contribution in [2.45, 2.75) is 51.4 Å². The van der Waals surface area contributed by atoms with E-state index < -0.39 is 6.79 Å². The summed E-state index contributed by atoms with van der Waals surface area (Å²) >= 11 is 0. The van der Waals surface area contributed by atoms with Gasteiger partial charge in [0.2, 0.25) is 0 Å². The molecular formula is C11H22O4. The Balaban J connectivity index is 3.01. The first-order valence-corrected chi connectivity index (χ1v) is 5.68. The first kappa shape index (κ1) is 14.4. The molecule has 0 atom stereocenters. The fourth-order valence-electron chi connectivity index (χ4n) is 1.41. The molecule has 0 spiro atoms. The summed E-state index contributed by atoms with van der Waals surface area (Å²) in [6.45, 7) is -0.229. The lowest BCUT2D eigenvalue weighted by Crippen LogP contribution is -2.04. The topological polar surface area (TPSA) is 66.8 Å². The predicted molar refractivity (Wildman–Crippen MR) is 57.2 cm³/mol. The van der Waals surface area contributed by atoms with E-state index in [4.69, 9.17) is 10.2 Å². The van der Waals surface area contributed by atoms with Crippen LogP contribution in [0.15, 0.2) is 0 Å². The van der Waals surface area contributed by atoms with Gasteiger partial charge >= 0.3 is 5.97 Å². The third-order valence-corrected chi connectivity index (χ3v) is 2.26. The number of ether oxygens (including phenoxy) is 1. The molecule has 0 unspecified atom stereocenters. The van der Waals surface area contributed by atoms with E-state index >= 15 is 0 Å². The van der Waals surface area contributed by atoms with E-state index in [0.29, 0.717) is 6.42 Å². The Bertz CT molecular complexity index is 148. The molecule has 0 saturated carbocycles. The molecule has 0 aromatic rings. The lowest BCUT2D eigenvalue weighted by Gasteiger charge is -2.01. The number of carbonyl (C=O) groups excluding carboxylic acids is 1. The fraction of sp³-hybridized carbons (Fsp3) is 0.909. The second kappa shape index (κ2) is 11.5. The number of hydrogen-bond acceptors (Lipinski definition) is 4. The highest BCUT2D eigenvalue weighted by Crippen LogP contribution is 2.08. The van der Waals surface area contributed by atoms with Crippen molar-refractivity contribution in [1.29, 1.82) is 0 Å². The van der Waals surface area contributed by atoms with Gasteiger partial charge in [-0.15, -0.1) is 0 Å². The van der Waals surface area contributed by atoms with Crippen LogP contribution in [-0.2, 0) is 9.53 Å². The molecule has 0 aromatic heterocycles. The highest BCUT2D eigenvalue weighted by Gasteiger charge is 2.00. The standard InChI is InChI=1S/C11H22O4/c12-9-7-5-3-1-2-4-6-8-11(14)15-10-13/h12-13H,1-10H2. The van der Waals surface area contributed by atoms with E-state index in [2.05, 4.69) is 4.74 Å². The van der Waals surface area contributed by atoms with Gasteiger partial charge in [-0.25, -0.2) is 0 Å². The molecule has 0 aliphatic carbocycles. The zero-order valence-corrected chi connectivity index (χ0v) is 9.28. The largest absolute Gasteiger partial charge is 0.439 e. The highest BCUT2D eigenvalue weighted by atomic mass is 16.6. The number of unbranched alkanes of at least 4 members (excludes halogenated alkanes) is 6. The van der Waals surface area contributed by atoms with Gasteiger partial charge in [0.15, 0.2) is 6.79 Å². The number of hydrogen-bond donors (Lipinski definition) is 2. The second-order valence-corrected chi connectivity index (χ2v) is 3.59. The van der Waals surface area contributed by atoms with Gasteiger partial charge in [0.1, 0.15) is 0 Å². The van der Waals surface area contributed by atoms with Gasteiger partial charge in [0.25, 0.3) is 0 Å². The van der Waals surface area contributed by atoms with Gasteiger partial charge in [-0.05, 0) is 12.8 Å². The first-order valence-electron chi connectivity index (χ1n) is 5.68. The van der Waals surface area contributed by atoms with E-state index in [1.165, 1.54) is 0 Å². The lowest BCUT2D eigenvalue weighted by atomic mass is 10.1. The zero-order valence-electron chi connectivity index (χ0n) is 9.28. The summed E-state index contributed by atoms with van der Waals surface area (Å²) in [7, 11) is 0. The SMILES string of the molecule is O=C(CCCCCCCCCO)OCO. The Morgan fingerprint density at radius 1 is 0.867 bits per heavy atom. The van der Waals surface area contributed by atoms with Crippen molar-refractivity contribution in [3.05, 3.63) is 0 Å². The monoisotopic (exact) mass is 218 g/mol. The van der Waals surface area contributed by atoms with Crippen molar-refractivity contribution < 1.29 is 19.7 Å². The summed E-state index contributed by atoms with van der Waals surface area (Å²) in [5.41, 5.74) is 0. The predicted octanol–water partition coefficient (Wildman–Crippen LogP) is 1.59. The maximum atomic E-state index is 10.8. The van der Waals surface area contributed by atoms with Crippen molar-refractivity contribution in [3.8, 4) is 0 Å². The van der Waals surface area contributed by atoms with Crippen LogP contribution < -0.4 is 0 Å². The zero-order chi connectivity index (χ0) is 11.4. The Labute approximate surface area is 91.3 Å². The minimum absolute atomic E-state index is 0.285. The molecule has 4 heteroatoms. The van der Waals surface area contributed by atoms with Gasteiger partial charge in [-0.2, -0.15) is 0 Å². The molecule has 0 radical (unpaired) electrons. The van der Waals surface area contributed by atoms with Crippen LogP contribution in [-0.4, -0.2) is 29.6 Å². The van der Waals surface area contributed by atoms with Crippen LogP contribution in [0.4, 0.5) is 0 Å². The molecule has 0 aliphatic heterocycles. The van der Waals surface area contributed by atoms with Gasteiger partial charge in [-0.3, -0.25) is 4.79 Å². The van der Waals surface area contributed by atoms with Crippen molar-refractivity contribution in [2.24, 2.45) is 0 Å². The molecule has 0 heterocycles. The van der Waals surface area contributed by atoms with E-state index in [1.54, 1.807) is 0 Å². The smallest absolute Gasteiger partial charge is 0.307 e. The van der Waals surface area contributed by atoms with Crippen molar-refractivity contribution in [3.63, 3.8) is 0 Å². The Kier molecular flexibility index (Phi) is 11.0. The maximum Gasteiger partial charge on any atom is 0.307 e. The molecule has 90 valence electrons. The van der Waals surface area contributed by atoms with Gasteiger partial charge in [0, 0.05) is 13.0 Å². The molecule has 0 saturated heterocycles. The molecule has 0 rings (SSSR count). The molecule has 0 bridgehead atoms. The van der Waals surface area contributed by atoms with Crippen LogP contribution in [0.5, 0.6) is 0 Å². The summed E-state index contributed by atoms with van der Waals surface area (Å²) in [6, 6.07) is 0. The van der Waals surface area contributed by atoms with E-state index in [0.717, 1.165) is 44.9 Å². The third-order valence-electron chi connectivity index (χ3n) is 2.26. The quantitative estimate of drug-likeness (QED) is 0.332. The molecule has 0 aromatic carbocycles. The summed E-state index contributed by atoms with van der Waals surface area (Å²) in [5.74, 6) is -0.321. The molecule has 0 aliphatic rings. The van der Waals surface area contributed by atoms with Crippen LogP contribution in [0.25, 0.3) is 0 Å². The first-order chi connectivity index (χ1) is 7.31. The second-order valence-electron chi connectivity index (χ2n) is 3.59. The summed E-state index contributed by atoms with van der Waals surface area (Å²) < 4.78 is 4.39. The molecule has 15 heavy (non-hydrogen) atoms. The highest BCUT2D eigenvalue weighted by molar-refractivity contribution is 5.69. The van der Waals surface area contributed by atoms with Gasteiger partial charge in [-0.1, -0.05) is 32.1 Å². The van der Waals surface area contributed by atoms with Crippen molar-refractivity contribution in [1.82, 2.24) is 0 Å². The number of aliphatic hydroxyl groups excluding tert-OH is 2. The normalized spacial score (nSPS) is 10.3. The number of rotatable bonds is 10. The Morgan fingerprint density at radius 3 is 1.93 bits per heavy atom. The third kappa shape index (κ3) is 11.3. The average molecular weight is 218 g/mol. The molecular weight excluding hydrogens is 196 g/mol. The van der Waals surface area contributed by atoms with Crippen LogP contribution in [0, 0.1) is 0 Å². The molecule has 0 fully saturated rings. The minimum atomic E-state index is -0.514. The molecule has 4 nitrogen and oxygen atoms in total. The molecule has 0 amide bonds. The van der Waals surface area contributed by atoms with Crippen LogP contribution in [0.3, 0.4) is 0 Å². The lowest BCUT2D eigenvalue weighted by molar-refractivity contribution is -0.151. The summed E-state index contributed by atoms with van der Waals surface area (Å²) in [4.78, 5) is 10.8. The Morgan fingerprint density at radius 2 is 1.40 bits per heavy atom. The van der Waals surface area contributed by atoms with Crippen molar-refractivity contribution >= 4 is 5.97 Å². The van der Waals surface area contributed by atoms with E-state index in [-0.39, 0.29) is 12.6 Å². The van der Waals surface area contributed by atoms with E-state index in [1.807, 2.05) is 0 Å². The number of carbonyl (C=O) groups is 1. The van der Waals surface area contributed by atoms with Crippen LogP contribution >= 0.6 is 0 Å².